The van der Waals surface area contributed by atoms with Gasteiger partial charge in [0, 0.05) is 6.04 Å². The van der Waals surface area contributed by atoms with Gasteiger partial charge in [0.15, 0.2) is 17.2 Å². The molecule has 0 fully saturated rings. The molecule has 0 heterocycles. The Kier molecular flexibility index (Phi) is 6.74. The average Bonchev–Trinajstić information content (AvgIpc) is 2.54. The number of aromatic hydroxyl groups is 2. The van der Waals surface area contributed by atoms with E-state index in [1.165, 1.54) is 12.1 Å². The van der Waals surface area contributed by atoms with E-state index < -0.39 is 17.4 Å². The Morgan fingerprint density at radius 2 is 2.13 bits per heavy atom. The molecule has 7 heteroatoms. The van der Waals surface area contributed by atoms with E-state index in [-0.39, 0.29) is 22.9 Å². The van der Waals surface area contributed by atoms with Crippen molar-refractivity contribution in [3.63, 3.8) is 0 Å². The Balaban J connectivity index is 3.08. The van der Waals surface area contributed by atoms with Crippen LogP contribution in [0.2, 0.25) is 0 Å². The Bertz CT molecular complexity index is 662. The molecule has 0 aliphatic heterocycles. The van der Waals surface area contributed by atoms with Gasteiger partial charge in [-0.3, -0.25) is 4.79 Å². The number of hydrogen-bond acceptors (Lipinski definition) is 6. The number of nitrogens with one attached hydrogen (secondary N) is 1. The van der Waals surface area contributed by atoms with Gasteiger partial charge in [-0.05, 0) is 41.8 Å². The van der Waals surface area contributed by atoms with Crippen molar-refractivity contribution in [2.45, 2.75) is 39.2 Å². The second-order valence-electron chi connectivity index (χ2n) is 5.04. The number of carbonyl (C=O) groups excluding carboxylic acids is 1. The maximum Gasteiger partial charge on any atom is 0.262 e. The van der Waals surface area contributed by atoms with Crippen LogP contribution in [0.15, 0.2) is 22.9 Å². The summed E-state index contributed by atoms with van der Waals surface area (Å²) in [6.45, 7) is 3.94. The van der Waals surface area contributed by atoms with Gasteiger partial charge in [-0.25, -0.2) is 0 Å². The van der Waals surface area contributed by atoms with Crippen LogP contribution in [-0.4, -0.2) is 22.2 Å². The van der Waals surface area contributed by atoms with Gasteiger partial charge in [0.25, 0.3) is 5.91 Å². The smallest absolute Gasteiger partial charge is 0.262 e. The standard InChI is InChI=1S/C16H19N3O4/c1-3-5-12(4-2)18-16(22)11(9-17)6-10-7-13(19-23)15(21)14(20)8-10/h6-8,12,20-21H,3-5H2,1-2H3,(H,18,22)/b11-6+. The predicted octanol–water partition coefficient (Wildman–Crippen LogP) is 3.10. The highest BCUT2D eigenvalue weighted by molar-refractivity contribution is 6.02. The fourth-order valence-corrected chi connectivity index (χ4v) is 2.08. The first-order chi connectivity index (χ1) is 11.0. The quantitative estimate of drug-likeness (QED) is 0.308. The number of rotatable bonds is 7. The first-order valence-corrected chi connectivity index (χ1v) is 7.28. The molecule has 1 rings (SSSR count). The molecule has 0 radical (unpaired) electrons. The molecule has 23 heavy (non-hydrogen) atoms. The van der Waals surface area contributed by atoms with Crippen LogP contribution in [0.5, 0.6) is 11.5 Å². The Hall–Kier alpha value is -2.88. The number of benzene rings is 1. The van der Waals surface area contributed by atoms with Gasteiger partial charge in [0.1, 0.15) is 11.6 Å². The summed E-state index contributed by atoms with van der Waals surface area (Å²) < 4.78 is 0. The molecular weight excluding hydrogens is 298 g/mol. The molecule has 1 atom stereocenters. The number of amides is 1. The highest BCUT2D eigenvalue weighted by Gasteiger charge is 2.15. The van der Waals surface area contributed by atoms with Crippen LogP contribution in [0.3, 0.4) is 0 Å². The van der Waals surface area contributed by atoms with E-state index in [1.54, 1.807) is 6.07 Å². The summed E-state index contributed by atoms with van der Waals surface area (Å²) in [4.78, 5) is 22.7. The lowest BCUT2D eigenvalue weighted by molar-refractivity contribution is -0.117. The maximum absolute atomic E-state index is 12.1. The number of phenolic OH excluding ortho intramolecular Hbond substituents is 2. The summed E-state index contributed by atoms with van der Waals surface area (Å²) in [6, 6.07) is 4.08. The molecule has 122 valence electrons. The molecule has 0 saturated heterocycles. The van der Waals surface area contributed by atoms with Gasteiger partial charge in [-0.1, -0.05) is 20.3 Å². The van der Waals surface area contributed by atoms with Gasteiger partial charge >= 0.3 is 0 Å². The van der Waals surface area contributed by atoms with E-state index >= 15 is 0 Å². The third kappa shape index (κ3) is 4.81. The number of hydrogen-bond donors (Lipinski definition) is 3. The molecule has 1 amide bonds. The fraction of sp³-hybridized carbons (Fsp3) is 0.375. The van der Waals surface area contributed by atoms with Crippen LogP contribution in [-0.2, 0) is 4.79 Å². The topological polar surface area (TPSA) is 123 Å². The summed E-state index contributed by atoms with van der Waals surface area (Å²) in [6.07, 6.45) is 3.68. The minimum atomic E-state index is -0.644. The van der Waals surface area contributed by atoms with Gasteiger partial charge in [0.2, 0.25) is 0 Å². The first kappa shape index (κ1) is 18.2. The molecular formula is C16H19N3O4. The van der Waals surface area contributed by atoms with Crippen molar-refractivity contribution in [3.05, 3.63) is 28.2 Å². The van der Waals surface area contributed by atoms with Crippen LogP contribution < -0.4 is 5.32 Å². The zero-order valence-corrected chi connectivity index (χ0v) is 13.0. The zero-order valence-electron chi connectivity index (χ0n) is 13.0. The summed E-state index contributed by atoms with van der Waals surface area (Å²) in [7, 11) is 0. The molecule has 0 aliphatic rings. The predicted molar refractivity (Wildman–Crippen MR) is 85.9 cm³/mol. The molecule has 0 bridgehead atoms. The highest BCUT2D eigenvalue weighted by atomic mass is 16.3. The molecule has 7 nitrogen and oxygen atoms in total. The fourth-order valence-electron chi connectivity index (χ4n) is 2.08. The van der Waals surface area contributed by atoms with Crippen molar-refractivity contribution in [1.29, 1.82) is 5.26 Å². The second-order valence-corrected chi connectivity index (χ2v) is 5.04. The Morgan fingerprint density at radius 3 is 2.65 bits per heavy atom. The minimum Gasteiger partial charge on any atom is -0.504 e. The summed E-state index contributed by atoms with van der Waals surface area (Å²) in [5, 5.41) is 33.4. The van der Waals surface area contributed by atoms with Crippen molar-refractivity contribution in [3.8, 4) is 17.6 Å². The largest absolute Gasteiger partial charge is 0.504 e. The lowest BCUT2D eigenvalue weighted by atomic mass is 10.1. The van der Waals surface area contributed by atoms with Gasteiger partial charge in [-0.2, -0.15) is 5.26 Å². The molecule has 0 saturated carbocycles. The Morgan fingerprint density at radius 1 is 1.43 bits per heavy atom. The molecule has 3 N–H and O–H groups in total. The van der Waals surface area contributed by atoms with Crippen LogP contribution >= 0.6 is 0 Å². The number of nitroso groups, excluding NO2 is 1. The average molecular weight is 317 g/mol. The maximum atomic E-state index is 12.1. The van der Waals surface area contributed by atoms with Crippen molar-refractivity contribution in [1.82, 2.24) is 5.32 Å². The van der Waals surface area contributed by atoms with E-state index in [0.29, 0.717) is 0 Å². The van der Waals surface area contributed by atoms with Crippen LogP contribution in [0, 0.1) is 16.2 Å². The molecule has 1 aromatic carbocycles. The van der Waals surface area contributed by atoms with Crippen LogP contribution in [0.25, 0.3) is 6.08 Å². The van der Waals surface area contributed by atoms with Crippen molar-refractivity contribution >= 4 is 17.7 Å². The normalized spacial score (nSPS) is 12.3. The molecule has 1 unspecified atom stereocenters. The van der Waals surface area contributed by atoms with Gasteiger partial charge < -0.3 is 15.5 Å². The highest BCUT2D eigenvalue weighted by Crippen LogP contribution is 2.37. The third-order valence-electron chi connectivity index (χ3n) is 3.33. The first-order valence-electron chi connectivity index (χ1n) is 7.28. The minimum absolute atomic E-state index is 0.0235. The molecule has 1 aromatic rings. The van der Waals surface area contributed by atoms with Crippen LogP contribution in [0.1, 0.15) is 38.7 Å². The number of carbonyl (C=O) groups is 1. The van der Waals surface area contributed by atoms with Gasteiger partial charge in [-0.15, -0.1) is 4.91 Å². The summed E-state index contributed by atoms with van der Waals surface area (Å²) in [5.41, 5.74) is -0.321. The monoisotopic (exact) mass is 317 g/mol. The lowest BCUT2D eigenvalue weighted by Gasteiger charge is -2.15. The number of nitriles is 1. The van der Waals surface area contributed by atoms with E-state index in [0.717, 1.165) is 25.3 Å². The summed E-state index contributed by atoms with van der Waals surface area (Å²) >= 11 is 0. The zero-order chi connectivity index (χ0) is 17.4. The van der Waals surface area contributed by atoms with Crippen molar-refractivity contribution in [2.75, 3.05) is 0 Å². The van der Waals surface area contributed by atoms with E-state index in [1.807, 2.05) is 13.8 Å². The van der Waals surface area contributed by atoms with Gasteiger partial charge in [0.05, 0.1) is 0 Å². The van der Waals surface area contributed by atoms with E-state index in [9.17, 15) is 19.9 Å². The second kappa shape index (κ2) is 8.54. The third-order valence-corrected chi connectivity index (χ3v) is 3.33. The Labute approximate surface area is 134 Å². The lowest BCUT2D eigenvalue weighted by Crippen LogP contribution is -2.34. The van der Waals surface area contributed by atoms with Crippen LogP contribution in [0.4, 0.5) is 5.69 Å². The van der Waals surface area contributed by atoms with Crippen molar-refractivity contribution in [2.24, 2.45) is 5.18 Å². The molecule has 0 aliphatic carbocycles. The SMILES string of the molecule is CCCC(CC)NC(=O)/C(C#N)=C/c1cc(O)c(O)c(N=O)c1. The number of nitrogens with zero attached hydrogens (tertiary/aromatic N) is 2. The summed E-state index contributed by atoms with van der Waals surface area (Å²) in [5.74, 6) is -1.72. The van der Waals surface area contributed by atoms with E-state index in [2.05, 4.69) is 10.5 Å². The van der Waals surface area contributed by atoms with E-state index in [4.69, 9.17) is 5.26 Å². The van der Waals surface area contributed by atoms with Crippen molar-refractivity contribution < 1.29 is 15.0 Å². The molecule has 0 spiro atoms. The number of phenols is 2. The molecule has 0 aromatic heterocycles.